The molecule has 0 aliphatic rings. The average molecular weight is 190 g/mol. The van der Waals surface area contributed by atoms with E-state index >= 15 is 0 Å². The highest BCUT2D eigenvalue weighted by Crippen LogP contribution is 2.18. The molecule has 2 aromatic rings. The summed E-state index contributed by atoms with van der Waals surface area (Å²) >= 11 is 0. The minimum Gasteiger partial charge on any atom is -0.387 e. The summed E-state index contributed by atoms with van der Waals surface area (Å²) < 4.78 is 0. The van der Waals surface area contributed by atoms with E-state index in [1.165, 1.54) is 5.39 Å². The summed E-state index contributed by atoms with van der Waals surface area (Å²) in [5.74, 6) is 0. The quantitative estimate of drug-likeness (QED) is 0.685. The molecule has 1 heterocycles. The van der Waals surface area contributed by atoms with E-state index in [1.54, 1.807) is 0 Å². The molecule has 0 unspecified atom stereocenters. The van der Waals surface area contributed by atoms with Gasteiger partial charge < -0.3 is 15.4 Å². The van der Waals surface area contributed by atoms with Crippen molar-refractivity contribution in [1.29, 1.82) is 0 Å². The standard InChI is InChI=1S/C11H14N2O/c1-12-7-11(14)9-3-2-8-4-5-13-10(8)6-9/h2-6,11-14H,7H2,1H3/t11-/m1/s1. The Balaban J connectivity index is 2.33. The maximum absolute atomic E-state index is 9.74. The summed E-state index contributed by atoms with van der Waals surface area (Å²) in [6.45, 7) is 0.576. The van der Waals surface area contributed by atoms with Crippen LogP contribution < -0.4 is 5.32 Å². The first kappa shape index (κ1) is 9.24. The van der Waals surface area contributed by atoms with Gasteiger partial charge in [-0.3, -0.25) is 0 Å². The number of aliphatic hydroxyl groups is 1. The number of likely N-dealkylation sites (N-methyl/N-ethyl adjacent to an activating group) is 1. The van der Waals surface area contributed by atoms with Gasteiger partial charge in [0.2, 0.25) is 0 Å². The van der Waals surface area contributed by atoms with Gasteiger partial charge in [0.1, 0.15) is 0 Å². The van der Waals surface area contributed by atoms with E-state index in [9.17, 15) is 5.11 Å². The number of nitrogens with one attached hydrogen (secondary N) is 2. The minimum absolute atomic E-state index is 0.437. The van der Waals surface area contributed by atoms with Gasteiger partial charge in [-0.25, -0.2) is 0 Å². The Hall–Kier alpha value is -1.32. The van der Waals surface area contributed by atoms with Crippen molar-refractivity contribution >= 4 is 10.9 Å². The summed E-state index contributed by atoms with van der Waals surface area (Å²) in [5, 5.41) is 13.9. The Bertz CT molecular complexity index is 422. The molecule has 0 saturated heterocycles. The third-order valence-corrected chi connectivity index (χ3v) is 2.36. The fourth-order valence-electron chi connectivity index (χ4n) is 1.58. The van der Waals surface area contributed by atoms with Crippen LogP contribution in [-0.4, -0.2) is 23.7 Å². The van der Waals surface area contributed by atoms with Gasteiger partial charge >= 0.3 is 0 Å². The first-order chi connectivity index (χ1) is 6.81. The largest absolute Gasteiger partial charge is 0.387 e. The first-order valence-corrected chi connectivity index (χ1v) is 4.71. The van der Waals surface area contributed by atoms with E-state index in [1.807, 2.05) is 37.5 Å². The Morgan fingerprint density at radius 2 is 2.29 bits per heavy atom. The molecular weight excluding hydrogens is 176 g/mol. The highest BCUT2D eigenvalue weighted by Gasteiger charge is 2.06. The van der Waals surface area contributed by atoms with Crippen molar-refractivity contribution in [3.63, 3.8) is 0 Å². The maximum atomic E-state index is 9.74. The van der Waals surface area contributed by atoms with Crippen molar-refractivity contribution in [1.82, 2.24) is 10.3 Å². The molecule has 0 bridgehead atoms. The lowest BCUT2D eigenvalue weighted by Crippen LogP contribution is -2.16. The lowest BCUT2D eigenvalue weighted by molar-refractivity contribution is 0.178. The molecule has 14 heavy (non-hydrogen) atoms. The van der Waals surface area contributed by atoms with Gasteiger partial charge in [-0.1, -0.05) is 12.1 Å². The molecular formula is C11H14N2O. The molecule has 0 spiro atoms. The van der Waals surface area contributed by atoms with Gasteiger partial charge in [0.15, 0.2) is 0 Å². The average Bonchev–Trinajstić information content (AvgIpc) is 2.64. The number of aromatic nitrogens is 1. The van der Waals surface area contributed by atoms with Crippen LogP contribution in [-0.2, 0) is 0 Å². The highest BCUT2D eigenvalue weighted by atomic mass is 16.3. The molecule has 0 aliphatic heterocycles. The van der Waals surface area contributed by atoms with E-state index in [0.717, 1.165) is 11.1 Å². The highest BCUT2D eigenvalue weighted by molar-refractivity contribution is 5.79. The molecule has 1 aromatic carbocycles. The molecule has 0 saturated carbocycles. The number of fused-ring (bicyclic) bond motifs is 1. The van der Waals surface area contributed by atoms with Gasteiger partial charge in [-0.15, -0.1) is 0 Å². The molecule has 3 heteroatoms. The van der Waals surface area contributed by atoms with E-state index in [-0.39, 0.29) is 0 Å². The fourth-order valence-corrected chi connectivity index (χ4v) is 1.58. The van der Waals surface area contributed by atoms with Crippen molar-refractivity contribution in [3.05, 3.63) is 36.0 Å². The van der Waals surface area contributed by atoms with Crippen molar-refractivity contribution in [2.75, 3.05) is 13.6 Å². The van der Waals surface area contributed by atoms with Crippen LogP contribution >= 0.6 is 0 Å². The zero-order chi connectivity index (χ0) is 9.97. The summed E-state index contributed by atoms with van der Waals surface area (Å²) in [5.41, 5.74) is 2.01. The number of hydrogen-bond donors (Lipinski definition) is 3. The van der Waals surface area contributed by atoms with E-state index in [2.05, 4.69) is 10.3 Å². The number of H-pyrrole nitrogens is 1. The van der Waals surface area contributed by atoms with Crippen molar-refractivity contribution in [3.8, 4) is 0 Å². The van der Waals surface area contributed by atoms with Crippen LogP contribution in [0.5, 0.6) is 0 Å². The Kier molecular flexibility index (Phi) is 2.52. The van der Waals surface area contributed by atoms with Gasteiger partial charge in [0, 0.05) is 18.3 Å². The van der Waals surface area contributed by atoms with E-state index in [4.69, 9.17) is 0 Å². The van der Waals surface area contributed by atoms with Gasteiger partial charge in [0.05, 0.1) is 6.10 Å². The monoisotopic (exact) mass is 190 g/mol. The zero-order valence-corrected chi connectivity index (χ0v) is 8.12. The number of benzene rings is 1. The van der Waals surface area contributed by atoms with Crippen LogP contribution in [0.3, 0.4) is 0 Å². The zero-order valence-electron chi connectivity index (χ0n) is 8.12. The van der Waals surface area contributed by atoms with Gasteiger partial charge in [0.25, 0.3) is 0 Å². The normalized spacial score (nSPS) is 13.3. The van der Waals surface area contributed by atoms with Crippen LogP contribution in [0.2, 0.25) is 0 Å². The third-order valence-electron chi connectivity index (χ3n) is 2.36. The summed E-state index contributed by atoms with van der Waals surface area (Å²) in [4.78, 5) is 3.13. The number of aromatic amines is 1. The number of rotatable bonds is 3. The molecule has 0 radical (unpaired) electrons. The van der Waals surface area contributed by atoms with Crippen molar-refractivity contribution in [2.24, 2.45) is 0 Å². The molecule has 0 fully saturated rings. The van der Waals surface area contributed by atoms with Crippen molar-refractivity contribution < 1.29 is 5.11 Å². The molecule has 0 amide bonds. The van der Waals surface area contributed by atoms with Crippen LogP contribution in [0.1, 0.15) is 11.7 Å². The summed E-state index contributed by atoms with van der Waals surface area (Å²) in [7, 11) is 1.83. The van der Waals surface area contributed by atoms with Gasteiger partial charge in [-0.05, 0) is 30.1 Å². The summed E-state index contributed by atoms with van der Waals surface area (Å²) in [6.07, 6.45) is 1.46. The topological polar surface area (TPSA) is 48.0 Å². The second-order valence-electron chi connectivity index (χ2n) is 3.40. The molecule has 1 atom stereocenters. The van der Waals surface area contributed by atoms with Crippen LogP contribution in [0, 0.1) is 0 Å². The molecule has 74 valence electrons. The summed E-state index contributed by atoms with van der Waals surface area (Å²) in [6, 6.07) is 7.97. The lowest BCUT2D eigenvalue weighted by atomic mass is 10.1. The smallest absolute Gasteiger partial charge is 0.0915 e. The van der Waals surface area contributed by atoms with Crippen LogP contribution in [0.4, 0.5) is 0 Å². The fraction of sp³-hybridized carbons (Fsp3) is 0.273. The predicted octanol–water partition coefficient (Wildman–Crippen LogP) is 1.42. The molecule has 3 nitrogen and oxygen atoms in total. The lowest BCUT2D eigenvalue weighted by Gasteiger charge is -2.09. The Morgan fingerprint density at radius 3 is 3.07 bits per heavy atom. The SMILES string of the molecule is CNC[C@@H](O)c1ccc2cc[nH]c2c1. The number of aliphatic hydroxyl groups excluding tert-OH is 1. The van der Waals surface area contributed by atoms with Crippen molar-refractivity contribution in [2.45, 2.75) is 6.10 Å². The van der Waals surface area contributed by atoms with Crippen LogP contribution in [0.25, 0.3) is 10.9 Å². The van der Waals surface area contributed by atoms with Gasteiger partial charge in [-0.2, -0.15) is 0 Å². The molecule has 1 aromatic heterocycles. The maximum Gasteiger partial charge on any atom is 0.0915 e. The third kappa shape index (κ3) is 1.64. The predicted molar refractivity (Wildman–Crippen MR) is 57.2 cm³/mol. The van der Waals surface area contributed by atoms with E-state index in [0.29, 0.717) is 6.54 Å². The molecule has 0 aliphatic carbocycles. The Morgan fingerprint density at radius 1 is 1.43 bits per heavy atom. The minimum atomic E-state index is -0.437. The Labute approximate surface area is 82.8 Å². The second-order valence-corrected chi connectivity index (χ2v) is 3.40. The number of hydrogen-bond acceptors (Lipinski definition) is 2. The second kappa shape index (κ2) is 3.82. The first-order valence-electron chi connectivity index (χ1n) is 4.71. The van der Waals surface area contributed by atoms with E-state index < -0.39 is 6.10 Å². The molecule has 2 rings (SSSR count). The molecule has 3 N–H and O–H groups in total. The van der Waals surface area contributed by atoms with Crippen LogP contribution in [0.15, 0.2) is 30.5 Å².